The van der Waals surface area contributed by atoms with Crippen molar-refractivity contribution >= 4 is 32.5 Å². The minimum absolute atomic E-state index is 0.0398. The van der Waals surface area contributed by atoms with Crippen molar-refractivity contribution < 1.29 is 18.3 Å². The second-order valence-electron chi connectivity index (χ2n) is 3.72. The van der Waals surface area contributed by atoms with Crippen LogP contribution in [-0.4, -0.2) is 24.5 Å². The van der Waals surface area contributed by atoms with Gasteiger partial charge in [-0.15, -0.1) is 11.3 Å². The van der Waals surface area contributed by atoms with E-state index in [1.54, 1.807) is 12.3 Å². The van der Waals surface area contributed by atoms with Crippen molar-refractivity contribution in [3.05, 3.63) is 40.9 Å². The summed E-state index contributed by atoms with van der Waals surface area (Å²) in [6.45, 7) is 1.61. The van der Waals surface area contributed by atoms with Crippen LogP contribution in [0.25, 0.3) is 0 Å². The Hall–Kier alpha value is -1.93. The standard InChI is InChI=1S/C11H10N2O4S2/c1-7-2-3-8(6-9(7)10(14)15)19(16,17)13-11-12-4-5-18-11/h2-6H,1H3,(H,12,13)(H,14,15). The quantitative estimate of drug-likeness (QED) is 0.899. The minimum Gasteiger partial charge on any atom is -0.478 e. The highest BCUT2D eigenvalue weighted by atomic mass is 32.2. The van der Waals surface area contributed by atoms with Crippen molar-refractivity contribution in [2.45, 2.75) is 11.8 Å². The van der Waals surface area contributed by atoms with Gasteiger partial charge in [-0.25, -0.2) is 18.2 Å². The second-order valence-corrected chi connectivity index (χ2v) is 6.30. The van der Waals surface area contributed by atoms with Crippen molar-refractivity contribution in [1.82, 2.24) is 4.98 Å². The number of anilines is 1. The van der Waals surface area contributed by atoms with Crippen LogP contribution in [0.3, 0.4) is 0 Å². The van der Waals surface area contributed by atoms with Crippen LogP contribution in [0.2, 0.25) is 0 Å². The molecule has 2 aromatic rings. The Balaban J connectivity index is 2.41. The Morgan fingerprint density at radius 3 is 2.74 bits per heavy atom. The molecule has 6 nitrogen and oxygen atoms in total. The first-order valence-electron chi connectivity index (χ1n) is 5.16. The first-order valence-corrected chi connectivity index (χ1v) is 7.53. The Kier molecular flexibility index (Phi) is 3.54. The number of carbonyl (C=O) groups is 1. The fourth-order valence-corrected chi connectivity index (χ4v) is 3.26. The van der Waals surface area contributed by atoms with Gasteiger partial charge in [0, 0.05) is 11.6 Å². The lowest BCUT2D eigenvalue weighted by atomic mass is 10.1. The van der Waals surface area contributed by atoms with Crippen LogP contribution in [0, 0.1) is 6.92 Å². The van der Waals surface area contributed by atoms with E-state index in [0.717, 1.165) is 17.4 Å². The van der Waals surface area contributed by atoms with E-state index in [1.807, 2.05) is 0 Å². The van der Waals surface area contributed by atoms with E-state index >= 15 is 0 Å². The van der Waals surface area contributed by atoms with E-state index in [2.05, 4.69) is 9.71 Å². The number of benzene rings is 1. The van der Waals surface area contributed by atoms with E-state index in [1.165, 1.54) is 18.3 Å². The van der Waals surface area contributed by atoms with Crippen LogP contribution in [0.1, 0.15) is 15.9 Å². The number of nitrogens with zero attached hydrogens (tertiary/aromatic N) is 1. The number of sulfonamides is 1. The molecule has 100 valence electrons. The predicted octanol–water partition coefficient (Wildman–Crippen LogP) is 1.95. The number of rotatable bonds is 4. The van der Waals surface area contributed by atoms with Crippen molar-refractivity contribution in [2.24, 2.45) is 0 Å². The van der Waals surface area contributed by atoms with Crippen LogP contribution >= 0.6 is 11.3 Å². The third kappa shape index (κ3) is 2.91. The molecular formula is C11H10N2O4S2. The van der Waals surface area contributed by atoms with Gasteiger partial charge in [-0.05, 0) is 24.6 Å². The highest BCUT2D eigenvalue weighted by molar-refractivity contribution is 7.93. The van der Waals surface area contributed by atoms with Gasteiger partial charge in [-0.1, -0.05) is 6.07 Å². The zero-order valence-electron chi connectivity index (χ0n) is 9.82. The number of hydrogen-bond donors (Lipinski definition) is 2. The molecule has 8 heteroatoms. The molecule has 0 aliphatic rings. The third-order valence-electron chi connectivity index (χ3n) is 2.40. The van der Waals surface area contributed by atoms with Crippen LogP contribution in [-0.2, 0) is 10.0 Å². The fourth-order valence-electron chi connectivity index (χ4n) is 1.45. The van der Waals surface area contributed by atoms with Gasteiger partial charge >= 0.3 is 5.97 Å². The molecule has 1 heterocycles. The number of aryl methyl sites for hydroxylation is 1. The first kappa shape index (κ1) is 13.5. The fraction of sp³-hybridized carbons (Fsp3) is 0.0909. The van der Waals surface area contributed by atoms with Gasteiger partial charge in [-0.2, -0.15) is 0 Å². The van der Waals surface area contributed by atoms with Gasteiger partial charge in [0.25, 0.3) is 10.0 Å². The molecule has 0 bridgehead atoms. The molecule has 0 aliphatic heterocycles. The summed E-state index contributed by atoms with van der Waals surface area (Å²) >= 11 is 1.14. The maximum atomic E-state index is 12.0. The molecule has 0 saturated heterocycles. The van der Waals surface area contributed by atoms with Gasteiger partial charge in [0.2, 0.25) is 0 Å². The van der Waals surface area contributed by atoms with Crippen molar-refractivity contribution in [3.63, 3.8) is 0 Å². The molecule has 2 rings (SSSR count). The molecule has 0 spiro atoms. The predicted molar refractivity (Wildman–Crippen MR) is 71.1 cm³/mol. The van der Waals surface area contributed by atoms with Gasteiger partial charge in [0.05, 0.1) is 10.5 Å². The molecule has 0 atom stereocenters. The second kappa shape index (κ2) is 4.98. The molecule has 0 fully saturated rings. The third-order valence-corrected chi connectivity index (χ3v) is 4.56. The average Bonchev–Trinajstić information content (AvgIpc) is 2.80. The number of carboxylic acid groups (broad SMARTS) is 1. The van der Waals surface area contributed by atoms with E-state index in [9.17, 15) is 13.2 Å². The highest BCUT2D eigenvalue weighted by Crippen LogP contribution is 2.20. The summed E-state index contributed by atoms with van der Waals surface area (Å²) in [6.07, 6.45) is 1.47. The lowest BCUT2D eigenvalue weighted by molar-refractivity contribution is 0.0696. The summed E-state index contributed by atoms with van der Waals surface area (Å²) in [5.41, 5.74) is 0.461. The van der Waals surface area contributed by atoms with Crippen molar-refractivity contribution in [3.8, 4) is 0 Å². The molecule has 0 amide bonds. The SMILES string of the molecule is Cc1ccc(S(=O)(=O)Nc2nccs2)cc1C(=O)O. The van der Waals surface area contributed by atoms with Crippen LogP contribution < -0.4 is 4.72 Å². The number of carboxylic acids is 1. The molecule has 0 aliphatic carbocycles. The molecule has 2 N–H and O–H groups in total. The first-order chi connectivity index (χ1) is 8.90. The van der Waals surface area contributed by atoms with E-state index in [0.29, 0.717) is 5.56 Å². The van der Waals surface area contributed by atoms with Crippen LogP contribution in [0.4, 0.5) is 5.13 Å². The highest BCUT2D eigenvalue weighted by Gasteiger charge is 2.18. The molecule has 0 saturated carbocycles. The Morgan fingerprint density at radius 1 is 1.42 bits per heavy atom. The monoisotopic (exact) mass is 298 g/mol. The summed E-state index contributed by atoms with van der Waals surface area (Å²) in [6, 6.07) is 3.95. The largest absolute Gasteiger partial charge is 0.478 e. The Bertz CT molecular complexity index is 708. The smallest absolute Gasteiger partial charge is 0.335 e. The molecular weight excluding hydrogens is 288 g/mol. The van der Waals surface area contributed by atoms with Gasteiger partial charge in [0.15, 0.2) is 5.13 Å². The zero-order valence-corrected chi connectivity index (χ0v) is 11.5. The molecule has 0 unspecified atom stereocenters. The molecule has 1 aromatic heterocycles. The van der Waals surface area contributed by atoms with Crippen molar-refractivity contribution in [2.75, 3.05) is 4.72 Å². The number of hydrogen-bond acceptors (Lipinski definition) is 5. The minimum atomic E-state index is -3.82. The number of aromatic nitrogens is 1. The number of thiazole rings is 1. The van der Waals surface area contributed by atoms with Crippen molar-refractivity contribution in [1.29, 1.82) is 0 Å². The lowest BCUT2D eigenvalue weighted by Crippen LogP contribution is -2.14. The van der Waals surface area contributed by atoms with E-state index < -0.39 is 16.0 Å². The molecule has 0 radical (unpaired) electrons. The number of aromatic carboxylic acids is 1. The molecule has 1 aromatic carbocycles. The van der Waals surface area contributed by atoms with E-state index in [-0.39, 0.29) is 15.6 Å². The van der Waals surface area contributed by atoms with Crippen LogP contribution in [0.15, 0.2) is 34.7 Å². The summed E-state index contributed by atoms with van der Waals surface area (Å²) in [5, 5.41) is 10.9. The summed E-state index contributed by atoms with van der Waals surface area (Å²) in [4.78, 5) is 14.7. The summed E-state index contributed by atoms with van der Waals surface area (Å²) < 4.78 is 26.4. The van der Waals surface area contributed by atoms with Crippen LogP contribution in [0.5, 0.6) is 0 Å². The van der Waals surface area contributed by atoms with E-state index in [4.69, 9.17) is 5.11 Å². The van der Waals surface area contributed by atoms with Gasteiger partial charge in [0.1, 0.15) is 0 Å². The van der Waals surface area contributed by atoms with Gasteiger partial charge in [-0.3, -0.25) is 4.72 Å². The molecule has 19 heavy (non-hydrogen) atoms. The zero-order chi connectivity index (χ0) is 14.0. The van der Waals surface area contributed by atoms with Gasteiger partial charge < -0.3 is 5.11 Å². The Labute approximate surface area is 113 Å². The summed E-state index contributed by atoms with van der Waals surface area (Å²) in [5.74, 6) is -1.16. The summed E-state index contributed by atoms with van der Waals surface area (Å²) in [7, 11) is -3.82. The lowest BCUT2D eigenvalue weighted by Gasteiger charge is -2.07. The topological polar surface area (TPSA) is 96.4 Å². The normalized spacial score (nSPS) is 11.2. The maximum Gasteiger partial charge on any atom is 0.335 e. The number of nitrogens with one attached hydrogen (secondary N) is 1. The average molecular weight is 298 g/mol. The Morgan fingerprint density at radius 2 is 2.16 bits per heavy atom. The maximum absolute atomic E-state index is 12.0.